The molecule has 0 unspecified atom stereocenters. The van der Waals surface area contributed by atoms with Crippen LogP contribution in [0.4, 0.5) is 0 Å². The van der Waals surface area contributed by atoms with E-state index in [1.54, 1.807) is 0 Å². The smallest absolute Gasteiger partial charge is 0.300 e. The second-order valence-electron chi connectivity index (χ2n) is 2.65. The molecule has 0 rings (SSSR count). The van der Waals surface area contributed by atoms with Gasteiger partial charge in [0.2, 0.25) is 0 Å². The maximum Gasteiger partial charge on any atom is 0.300 e. The van der Waals surface area contributed by atoms with Crippen LogP contribution in [0.15, 0.2) is 0 Å². The molecule has 0 bridgehead atoms. The molecule has 0 saturated carbocycles. The molecule has 0 aromatic heterocycles. The molecule has 0 atom stereocenters. The molecule has 0 saturated heterocycles. The van der Waals surface area contributed by atoms with Gasteiger partial charge in [-0.2, -0.15) is 0 Å². The van der Waals surface area contributed by atoms with Crippen LogP contribution in [0, 0.1) is 0 Å². The van der Waals surface area contributed by atoms with E-state index in [1.165, 1.54) is 0 Å². The minimum absolute atomic E-state index is 0. The molecule has 14 nitrogen and oxygen atoms in total. The monoisotopic (exact) mass is 427 g/mol. The molecular formula is C10H33FeN3O11. The van der Waals surface area contributed by atoms with Crippen molar-refractivity contribution in [1.82, 2.24) is 6.15 Å². The van der Waals surface area contributed by atoms with E-state index in [1.807, 2.05) is 0 Å². The molecule has 0 radical (unpaired) electrons. The first kappa shape index (κ1) is 65.7. The van der Waals surface area contributed by atoms with E-state index in [9.17, 15) is 0 Å². The Morgan fingerprint density at radius 3 is 0.640 bits per heavy atom. The molecule has 25 heavy (non-hydrogen) atoms. The second kappa shape index (κ2) is 67.1. The zero-order valence-electron chi connectivity index (χ0n) is 14.6. The van der Waals surface area contributed by atoms with E-state index in [0.29, 0.717) is 13.1 Å². The fraction of sp³-hybridized carbons (Fsp3) is 0.600. The number of nitrogens with two attached hydrogens (primary N) is 2. The molecule has 0 aliphatic heterocycles. The summed E-state index contributed by atoms with van der Waals surface area (Å²) >= 11 is 0. The number of carboxylic acid groups (broad SMARTS) is 4. The molecule has 0 spiro atoms. The molecule has 0 aliphatic rings. The van der Waals surface area contributed by atoms with Crippen molar-refractivity contribution in [2.75, 3.05) is 13.1 Å². The van der Waals surface area contributed by atoms with Gasteiger partial charge in [0.25, 0.3) is 23.9 Å². The maximum absolute atomic E-state index is 9.00. The van der Waals surface area contributed by atoms with E-state index in [4.69, 9.17) is 51.1 Å². The van der Waals surface area contributed by atoms with Gasteiger partial charge in [-0.15, -0.1) is 0 Å². The molecule has 15 heteroatoms. The van der Waals surface area contributed by atoms with E-state index in [-0.39, 0.29) is 39.6 Å². The van der Waals surface area contributed by atoms with E-state index < -0.39 is 23.9 Å². The quantitative estimate of drug-likeness (QED) is 0.206. The Morgan fingerprint density at radius 1 is 0.600 bits per heavy atom. The maximum atomic E-state index is 9.00. The first-order chi connectivity index (χ1) is 8.84. The normalized spacial score (nSPS) is 5.20. The fourth-order valence-electron chi connectivity index (χ4n) is 0. The van der Waals surface area contributed by atoms with Crippen LogP contribution in [-0.2, 0) is 36.2 Å². The number of hydrogen-bond donors (Lipinski definition) is 7. The summed E-state index contributed by atoms with van der Waals surface area (Å²) in [7, 11) is 0. The van der Waals surface area contributed by atoms with Gasteiger partial charge in [-0.05, 0) is 0 Å². The second-order valence-corrected chi connectivity index (χ2v) is 2.65. The van der Waals surface area contributed by atoms with Crippen LogP contribution >= 0.6 is 0 Å². The fourth-order valence-corrected chi connectivity index (χ4v) is 0. The van der Waals surface area contributed by atoms with Crippen LogP contribution in [0.25, 0.3) is 0 Å². The molecular weight excluding hydrogens is 394 g/mol. The van der Waals surface area contributed by atoms with Crippen LogP contribution in [0.2, 0.25) is 0 Å². The largest absolute Gasteiger partial charge is 0.481 e. The summed E-state index contributed by atoms with van der Waals surface area (Å²) in [5.74, 6) is -3.33. The predicted molar refractivity (Wildman–Crippen MR) is 87.2 cm³/mol. The van der Waals surface area contributed by atoms with E-state index >= 15 is 0 Å². The van der Waals surface area contributed by atoms with Crippen LogP contribution in [-0.4, -0.2) is 73.8 Å². The number of rotatable bonds is 1. The summed E-state index contributed by atoms with van der Waals surface area (Å²) in [6.07, 6.45) is 0. The first-order valence-electron chi connectivity index (χ1n) is 5.03. The summed E-state index contributed by atoms with van der Waals surface area (Å²) in [6, 6.07) is 0. The average molecular weight is 427 g/mol. The molecule has 17 N–H and O–H groups in total. The zero-order valence-corrected chi connectivity index (χ0v) is 15.7. The summed E-state index contributed by atoms with van der Waals surface area (Å²) in [4.78, 5) is 36.0. The SMILES string of the molecule is CC(=O)O.CC(=O)O.CC(=O)O.CC(=O)O.N.NCCN.O.O.O.[Fe]. The number of hydrogen-bond acceptors (Lipinski definition) is 7. The third-order valence-corrected chi connectivity index (χ3v) is 0.167. The Hall–Kier alpha value is -1.84. The van der Waals surface area contributed by atoms with Crippen molar-refractivity contribution >= 4 is 23.9 Å². The molecule has 0 aliphatic carbocycles. The molecule has 162 valence electrons. The van der Waals surface area contributed by atoms with Gasteiger partial charge in [-0.3, -0.25) is 19.2 Å². The molecule has 0 aromatic carbocycles. The topological polar surface area (TPSA) is 331 Å². The zero-order chi connectivity index (χ0) is 17.7. The molecule has 0 amide bonds. The van der Waals surface area contributed by atoms with Crippen molar-refractivity contribution in [2.24, 2.45) is 11.5 Å². The summed E-state index contributed by atoms with van der Waals surface area (Å²) in [5.41, 5.74) is 9.81. The van der Waals surface area contributed by atoms with Crippen molar-refractivity contribution in [2.45, 2.75) is 27.7 Å². The van der Waals surface area contributed by atoms with Crippen molar-refractivity contribution in [3.8, 4) is 0 Å². The van der Waals surface area contributed by atoms with Gasteiger partial charge in [0.1, 0.15) is 0 Å². The average Bonchev–Trinajstić information content (AvgIpc) is 2.13. The van der Waals surface area contributed by atoms with Crippen molar-refractivity contribution < 1.29 is 73.1 Å². The summed E-state index contributed by atoms with van der Waals surface area (Å²) in [5, 5.41) is 29.7. The van der Waals surface area contributed by atoms with Crippen molar-refractivity contribution in [1.29, 1.82) is 0 Å². The Kier molecular flexibility index (Phi) is 176. The van der Waals surface area contributed by atoms with Crippen molar-refractivity contribution in [3.63, 3.8) is 0 Å². The van der Waals surface area contributed by atoms with Gasteiger partial charge in [-0.25, -0.2) is 0 Å². The standard InChI is InChI=1S/C2H8N2.4C2H4O2.Fe.H3N.3H2O/c3-1-2-4;4*1-2(3)4;;;;;/h1-4H2;4*1H3,(H,3,4);;1H3;3*1H2. The van der Waals surface area contributed by atoms with E-state index in [0.717, 1.165) is 27.7 Å². The van der Waals surface area contributed by atoms with E-state index in [2.05, 4.69) is 0 Å². The van der Waals surface area contributed by atoms with Crippen LogP contribution < -0.4 is 17.6 Å². The Bertz CT molecular complexity index is 202. The number of carboxylic acids is 4. The summed E-state index contributed by atoms with van der Waals surface area (Å²) < 4.78 is 0. The minimum Gasteiger partial charge on any atom is -0.481 e. The predicted octanol–water partition coefficient (Wildman–Crippen LogP) is -3.05. The Labute approximate surface area is 156 Å². The van der Waals surface area contributed by atoms with Gasteiger partial charge in [-0.1, -0.05) is 0 Å². The van der Waals surface area contributed by atoms with Crippen LogP contribution in [0.5, 0.6) is 0 Å². The number of aliphatic carboxylic acids is 4. The van der Waals surface area contributed by atoms with Gasteiger partial charge >= 0.3 is 0 Å². The number of carbonyl (C=O) groups is 4. The molecule has 0 heterocycles. The molecule has 0 fully saturated rings. The van der Waals surface area contributed by atoms with Crippen molar-refractivity contribution in [3.05, 3.63) is 0 Å². The Morgan fingerprint density at radius 2 is 0.640 bits per heavy atom. The summed E-state index contributed by atoms with van der Waals surface area (Å²) in [6.45, 7) is 5.53. The van der Waals surface area contributed by atoms with Crippen LogP contribution in [0.3, 0.4) is 0 Å². The molecule has 0 aromatic rings. The first-order valence-corrected chi connectivity index (χ1v) is 5.03. The van der Waals surface area contributed by atoms with Gasteiger partial charge < -0.3 is 54.5 Å². The third kappa shape index (κ3) is 12700. The van der Waals surface area contributed by atoms with Gasteiger partial charge in [0, 0.05) is 57.9 Å². The van der Waals surface area contributed by atoms with Gasteiger partial charge in [0.15, 0.2) is 0 Å². The minimum atomic E-state index is -0.833. The Balaban J connectivity index is -0.0000000134. The van der Waals surface area contributed by atoms with Gasteiger partial charge in [0.05, 0.1) is 0 Å². The van der Waals surface area contributed by atoms with Crippen LogP contribution in [0.1, 0.15) is 27.7 Å². The third-order valence-electron chi connectivity index (χ3n) is 0.167.